The third-order valence-electron chi connectivity index (χ3n) is 2.64. The molecule has 0 aliphatic rings. The summed E-state index contributed by atoms with van der Waals surface area (Å²) in [6, 6.07) is 5.73. The van der Waals surface area contributed by atoms with E-state index in [0.717, 1.165) is 11.1 Å². The first-order valence-electron chi connectivity index (χ1n) is 5.92. The van der Waals surface area contributed by atoms with E-state index in [4.69, 9.17) is 17.3 Å². The molecule has 0 radical (unpaired) electrons. The van der Waals surface area contributed by atoms with Crippen LogP contribution in [0.25, 0.3) is 0 Å². The molecule has 0 amide bonds. The zero-order chi connectivity index (χ0) is 13.9. The molecule has 0 aliphatic heterocycles. The summed E-state index contributed by atoms with van der Waals surface area (Å²) in [6.45, 7) is 8.21. The smallest absolute Gasteiger partial charge is 0.136 e. The van der Waals surface area contributed by atoms with Gasteiger partial charge in [-0.1, -0.05) is 23.7 Å². The largest absolute Gasteiger partial charge is 0.598 e. The van der Waals surface area contributed by atoms with Crippen molar-refractivity contribution < 1.29 is 4.55 Å². The second kappa shape index (κ2) is 6.26. The predicted octanol–water partition coefficient (Wildman–Crippen LogP) is 2.91. The minimum absolute atomic E-state index is 0.0191. The summed E-state index contributed by atoms with van der Waals surface area (Å²) in [5.41, 5.74) is 7.50. The van der Waals surface area contributed by atoms with Gasteiger partial charge in [0.1, 0.15) is 4.75 Å². The van der Waals surface area contributed by atoms with Crippen LogP contribution in [0.2, 0.25) is 5.02 Å². The molecule has 0 aromatic heterocycles. The third kappa shape index (κ3) is 4.14. The van der Waals surface area contributed by atoms with Gasteiger partial charge in [-0.2, -0.15) is 0 Å². The van der Waals surface area contributed by atoms with E-state index in [0.29, 0.717) is 11.6 Å². The minimum atomic E-state index is -1.10. The number of rotatable bonds is 4. The highest BCUT2D eigenvalue weighted by Gasteiger charge is 2.28. The Hall–Kier alpha value is -0.260. The highest BCUT2D eigenvalue weighted by molar-refractivity contribution is 7.90. The third-order valence-corrected chi connectivity index (χ3v) is 4.67. The summed E-state index contributed by atoms with van der Waals surface area (Å²) in [4.78, 5) is 0. The van der Waals surface area contributed by atoms with Crippen molar-refractivity contribution in [2.24, 2.45) is 5.73 Å². The van der Waals surface area contributed by atoms with Crippen molar-refractivity contribution >= 4 is 23.0 Å². The fourth-order valence-electron chi connectivity index (χ4n) is 1.40. The lowest BCUT2D eigenvalue weighted by Gasteiger charge is -2.26. The van der Waals surface area contributed by atoms with Gasteiger partial charge >= 0.3 is 0 Å². The van der Waals surface area contributed by atoms with Gasteiger partial charge in [0.2, 0.25) is 0 Å². The number of benzene rings is 1. The minimum Gasteiger partial charge on any atom is -0.598 e. The lowest BCUT2D eigenvalue weighted by atomic mass is 10.1. The zero-order valence-corrected chi connectivity index (χ0v) is 12.9. The molecule has 0 spiro atoms. The number of hydrogen-bond donors (Lipinski definition) is 2. The van der Waals surface area contributed by atoms with Crippen LogP contribution in [0.4, 0.5) is 0 Å². The Bertz CT molecular complexity index is 406. The van der Waals surface area contributed by atoms with Gasteiger partial charge in [0, 0.05) is 22.9 Å². The maximum Gasteiger partial charge on any atom is 0.136 e. The molecule has 1 rings (SSSR count). The van der Waals surface area contributed by atoms with Crippen LogP contribution in [0.3, 0.4) is 0 Å². The van der Waals surface area contributed by atoms with Crippen molar-refractivity contribution in [2.75, 3.05) is 0 Å². The van der Waals surface area contributed by atoms with Crippen LogP contribution in [0, 0.1) is 0 Å². The van der Waals surface area contributed by atoms with Gasteiger partial charge in [0.25, 0.3) is 0 Å². The van der Waals surface area contributed by atoms with Crippen molar-refractivity contribution in [3.63, 3.8) is 0 Å². The molecule has 5 heteroatoms. The Labute approximate surface area is 117 Å². The molecule has 1 aromatic rings. The Morgan fingerprint density at radius 3 is 2.50 bits per heavy atom. The van der Waals surface area contributed by atoms with E-state index in [1.54, 1.807) is 0 Å². The summed E-state index contributed by atoms with van der Waals surface area (Å²) < 4.78 is 14.8. The molecule has 2 atom stereocenters. The highest BCUT2D eigenvalue weighted by atomic mass is 35.5. The number of halogens is 1. The number of nitrogens with two attached hydrogens (primary N) is 1. The van der Waals surface area contributed by atoms with Crippen molar-refractivity contribution in [2.45, 2.75) is 45.0 Å². The second-order valence-corrected chi connectivity index (χ2v) is 7.68. The van der Waals surface area contributed by atoms with Gasteiger partial charge in [-0.05, 0) is 44.9 Å². The van der Waals surface area contributed by atoms with Gasteiger partial charge in [0.15, 0.2) is 0 Å². The Morgan fingerprint density at radius 2 is 2.06 bits per heavy atom. The molecule has 0 saturated heterocycles. The van der Waals surface area contributed by atoms with Crippen molar-refractivity contribution in [3.8, 4) is 0 Å². The molecule has 0 bridgehead atoms. The van der Waals surface area contributed by atoms with E-state index in [1.165, 1.54) is 0 Å². The Morgan fingerprint density at radius 1 is 1.44 bits per heavy atom. The fraction of sp³-hybridized carbons (Fsp3) is 0.538. The van der Waals surface area contributed by atoms with E-state index in [2.05, 4.69) is 4.72 Å². The molecule has 1 aromatic carbocycles. The predicted molar refractivity (Wildman–Crippen MR) is 78.8 cm³/mol. The molecule has 0 saturated carbocycles. The first kappa shape index (κ1) is 15.8. The van der Waals surface area contributed by atoms with E-state index in [1.807, 2.05) is 45.9 Å². The molecule has 18 heavy (non-hydrogen) atoms. The SMILES string of the molecule is CC(N[S+]([O-])C(C)(C)C)c1ccc(CN)c(Cl)c1. The van der Waals surface area contributed by atoms with Crippen molar-refractivity contribution in [1.82, 2.24) is 4.72 Å². The van der Waals surface area contributed by atoms with Gasteiger partial charge in [-0.25, -0.2) is 0 Å². The van der Waals surface area contributed by atoms with Gasteiger partial charge in [-0.15, -0.1) is 4.72 Å². The molecular weight excluding hydrogens is 268 g/mol. The van der Waals surface area contributed by atoms with E-state index in [-0.39, 0.29) is 10.8 Å². The summed E-state index contributed by atoms with van der Waals surface area (Å²) in [5, 5.41) is 0.658. The number of hydrogen-bond acceptors (Lipinski definition) is 3. The first-order chi connectivity index (χ1) is 8.25. The standard InChI is InChI=1S/C13H21ClN2OS/c1-9(16-18(17)13(2,3)4)10-5-6-11(8-15)12(14)7-10/h5-7,9,16H,8,15H2,1-4H3. The van der Waals surface area contributed by atoms with E-state index >= 15 is 0 Å². The lowest BCUT2D eigenvalue weighted by Crippen LogP contribution is -2.40. The maximum atomic E-state index is 12.0. The molecule has 3 nitrogen and oxygen atoms in total. The lowest BCUT2D eigenvalue weighted by molar-refractivity contribution is 0.531. The average molecular weight is 289 g/mol. The topological polar surface area (TPSA) is 61.1 Å². The molecule has 0 aliphatic carbocycles. The normalized spacial score (nSPS) is 15.5. The summed E-state index contributed by atoms with van der Waals surface area (Å²) in [5.74, 6) is 0. The quantitative estimate of drug-likeness (QED) is 0.838. The Kier molecular flexibility index (Phi) is 5.49. The molecule has 0 heterocycles. The zero-order valence-electron chi connectivity index (χ0n) is 11.3. The van der Waals surface area contributed by atoms with Gasteiger partial charge in [-0.3, -0.25) is 0 Å². The highest BCUT2D eigenvalue weighted by Crippen LogP contribution is 2.24. The van der Waals surface area contributed by atoms with Crippen LogP contribution in [-0.4, -0.2) is 9.30 Å². The van der Waals surface area contributed by atoms with Gasteiger partial charge < -0.3 is 10.3 Å². The van der Waals surface area contributed by atoms with Crippen molar-refractivity contribution in [3.05, 3.63) is 34.3 Å². The molecular formula is C13H21ClN2OS. The van der Waals surface area contributed by atoms with Crippen LogP contribution in [-0.2, 0) is 17.9 Å². The van der Waals surface area contributed by atoms with Crippen LogP contribution >= 0.6 is 11.6 Å². The molecule has 2 unspecified atom stereocenters. The van der Waals surface area contributed by atoms with E-state index in [9.17, 15) is 4.55 Å². The molecule has 3 N–H and O–H groups in total. The first-order valence-corrected chi connectivity index (χ1v) is 7.45. The maximum absolute atomic E-state index is 12.0. The summed E-state index contributed by atoms with van der Waals surface area (Å²) in [7, 11) is 0. The Balaban J connectivity index is 2.79. The summed E-state index contributed by atoms with van der Waals surface area (Å²) in [6.07, 6.45) is 0. The monoisotopic (exact) mass is 288 g/mol. The molecule has 0 fully saturated rings. The van der Waals surface area contributed by atoms with Gasteiger partial charge in [0.05, 0.1) is 6.04 Å². The average Bonchev–Trinajstić information content (AvgIpc) is 2.27. The van der Waals surface area contributed by atoms with Crippen molar-refractivity contribution in [1.29, 1.82) is 0 Å². The molecule has 102 valence electrons. The van der Waals surface area contributed by atoms with Crippen LogP contribution in [0.15, 0.2) is 18.2 Å². The summed E-state index contributed by atoms with van der Waals surface area (Å²) >= 11 is 5.02. The van der Waals surface area contributed by atoms with E-state index < -0.39 is 11.4 Å². The van der Waals surface area contributed by atoms with Crippen LogP contribution < -0.4 is 10.5 Å². The second-order valence-electron chi connectivity index (χ2n) is 5.28. The fourth-order valence-corrected chi connectivity index (χ4v) is 2.48. The van der Waals surface area contributed by atoms with Crippen LogP contribution in [0.1, 0.15) is 44.9 Å². The van der Waals surface area contributed by atoms with Crippen LogP contribution in [0.5, 0.6) is 0 Å². The number of nitrogens with one attached hydrogen (secondary N) is 1.